The van der Waals surface area contributed by atoms with Gasteiger partial charge in [-0.2, -0.15) is 0 Å². The molecule has 5 rings (SSSR count). The van der Waals surface area contributed by atoms with E-state index in [1.807, 2.05) is 0 Å². The second-order valence-corrected chi connectivity index (χ2v) is 9.54. The van der Waals surface area contributed by atoms with Gasteiger partial charge < -0.3 is 10.1 Å². The minimum atomic E-state index is -0.362. The minimum Gasteiger partial charge on any atom is -0.425 e. The summed E-state index contributed by atoms with van der Waals surface area (Å²) in [4.78, 5) is 24.9. The number of ether oxygens (including phenoxy) is 1. The molecular weight excluding hydrogens is 418 g/mol. The summed E-state index contributed by atoms with van der Waals surface area (Å²) >= 11 is 9.21. The molecule has 1 aromatic rings. The van der Waals surface area contributed by atoms with Crippen LogP contribution < -0.4 is 10.1 Å². The highest BCUT2D eigenvalue weighted by atomic mass is 79.9. The summed E-state index contributed by atoms with van der Waals surface area (Å²) in [7, 11) is 0. The normalized spacial score (nSPS) is 31.7. The molecule has 140 valence electrons. The van der Waals surface area contributed by atoms with Crippen molar-refractivity contribution in [1.82, 2.24) is 5.32 Å². The molecule has 4 bridgehead atoms. The van der Waals surface area contributed by atoms with Gasteiger partial charge in [0.1, 0.15) is 5.75 Å². The first-order valence-corrected chi connectivity index (χ1v) is 10.5. The largest absolute Gasteiger partial charge is 0.425 e. The summed E-state index contributed by atoms with van der Waals surface area (Å²) in [5.41, 5.74) is -0.169. The first kappa shape index (κ1) is 18.3. The Balaban J connectivity index is 1.28. The smallest absolute Gasteiger partial charge is 0.313 e. The number of amides is 1. The number of rotatable bonds is 5. The van der Waals surface area contributed by atoms with Crippen LogP contribution in [0.15, 0.2) is 22.7 Å². The Morgan fingerprint density at radius 2 is 1.77 bits per heavy atom. The number of hydrogen-bond donors (Lipinski definition) is 1. The third-order valence-electron chi connectivity index (χ3n) is 6.25. The van der Waals surface area contributed by atoms with Crippen LogP contribution in [0.2, 0.25) is 5.02 Å². The van der Waals surface area contributed by atoms with Crippen LogP contribution >= 0.6 is 27.5 Å². The molecule has 0 aromatic heterocycles. The number of esters is 1. The fourth-order valence-electron chi connectivity index (χ4n) is 5.59. The van der Waals surface area contributed by atoms with Gasteiger partial charge in [-0.1, -0.05) is 11.6 Å². The number of carbonyl (C=O) groups is 2. The Bertz CT molecular complexity index is 700. The average Bonchev–Trinajstić information content (AvgIpc) is 2.56. The van der Waals surface area contributed by atoms with Crippen molar-refractivity contribution in [3.63, 3.8) is 0 Å². The van der Waals surface area contributed by atoms with Crippen LogP contribution in [0.4, 0.5) is 0 Å². The van der Waals surface area contributed by atoms with E-state index in [-0.39, 0.29) is 23.7 Å². The maximum atomic E-state index is 12.8. The van der Waals surface area contributed by atoms with Crippen LogP contribution in [0, 0.1) is 23.2 Å². The lowest BCUT2D eigenvalue weighted by Crippen LogP contribution is -2.53. The molecule has 0 radical (unpaired) electrons. The van der Waals surface area contributed by atoms with Crippen LogP contribution in [0.25, 0.3) is 0 Å². The van der Waals surface area contributed by atoms with Gasteiger partial charge in [-0.05, 0) is 90.4 Å². The van der Waals surface area contributed by atoms with Gasteiger partial charge >= 0.3 is 5.97 Å². The Labute approximate surface area is 167 Å². The lowest BCUT2D eigenvalue weighted by Gasteiger charge is -2.55. The van der Waals surface area contributed by atoms with Crippen LogP contribution in [-0.2, 0) is 9.59 Å². The molecule has 1 N–H and O–H groups in total. The van der Waals surface area contributed by atoms with Gasteiger partial charge in [-0.25, -0.2) is 0 Å². The molecule has 1 aromatic carbocycles. The lowest BCUT2D eigenvalue weighted by molar-refractivity contribution is -0.146. The van der Waals surface area contributed by atoms with Crippen molar-refractivity contribution in [3.05, 3.63) is 27.7 Å². The predicted octanol–water partition coefficient (Wildman–Crippen LogP) is 4.73. The molecule has 4 fully saturated rings. The highest BCUT2D eigenvalue weighted by Gasteiger charge is 2.54. The molecule has 4 aliphatic carbocycles. The minimum absolute atomic E-state index is 0.150. The van der Waals surface area contributed by atoms with E-state index in [4.69, 9.17) is 16.3 Å². The van der Waals surface area contributed by atoms with Crippen molar-refractivity contribution in [3.8, 4) is 5.75 Å². The van der Waals surface area contributed by atoms with Crippen molar-refractivity contribution in [1.29, 1.82) is 0 Å². The Hall–Kier alpha value is -1.07. The summed E-state index contributed by atoms with van der Waals surface area (Å²) in [6, 6.07) is 5.00. The van der Waals surface area contributed by atoms with Gasteiger partial charge in [0.05, 0.1) is 10.9 Å². The number of halogens is 2. The standard InChI is InChI=1S/C20H23BrClNO3/c21-16-8-15(22)1-2-17(16)26-18(24)3-4-23-19(25)20-9-12-5-13(10-20)7-14(6-12)11-20/h1-2,8,12-14H,3-7,9-11H2,(H,23,25). The van der Waals surface area contributed by atoms with E-state index >= 15 is 0 Å². The van der Waals surface area contributed by atoms with Crippen LogP contribution in [-0.4, -0.2) is 18.4 Å². The molecule has 4 nitrogen and oxygen atoms in total. The third kappa shape index (κ3) is 3.65. The fraction of sp³-hybridized carbons (Fsp3) is 0.600. The maximum Gasteiger partial charge on any atom is 0.313 e. The molecule has 26 heavy (non-hydrogen) atoms. The lowest BCUT2D eigenvalue weighted by atomic mass is 9.49. The highest BCUT2D eigenvalue weighted by Crippen LogP contribution is 2.60. The second kappa shape index (κ2) is 7.16. The van der Waals surface area contributed by atoms with Crippen molar-refractivity contribution in [2.75, 3.05) is 6.54 Å². The Kier molecular flexibility index (Phi) is 5.04. The average molecular weight is 441 g/mol. The predicted molar refractivity (Wildman–Crippen MR) is 103 cm³/mol. The van der Waals surface area contributed by atoms with E-state index in [2.05, 4.69) is 21.2 Å². The maximum absolute atomic E-state index is 12.8. The third-order valence-corrected chi connectivity index (χ3v) is 7.11. The second-order valence-electron chi connectivity index (χ2n) is 8.25. The molecule has 0 atom stereocenters. The molecule has 1 amide bonds. The van der Waals surface area contributed by atoms with Gasteiger partial charge in [0, 0.05) is 17.0 Å². The van der Waals surface area contributed by atoms with Crippen molar-refractivity contribution in [2.24, 2.45) is 23.2 Å². The zero-order chi connectivity index (χ0) is 18.3. The number of hydrogen-bond acceptors (Lipinski definition) is 3. The summed E-state index contributed by atoms with van der Waals surface area (Å²) in [5, 5.41) is 3.58. The van der Waals surface area contributed by atoms with Gasteiger partial charge in [0.15, 0.2) is 0 Å². The summed E-state index contributed by atoms with van der Waals surface area (Å²) in [5.74, 6) is 2.43. The van der Waals surface area contributed by atoms with Crippen molar-refractivity contribution in [2.45, 2.75) is 44.9 Å². The van der Waals surface area contributed by atoms with Crippen LogP contribution in [0.1, 0.15) is 44.9 Å². The molecule has 0 saturated heterocycles. The van der Waals surface area contributed by atoms with Gasteiger partial charge in [-0.15, -0.1) is 0 Å². The first-order chi connectivity index (χ1) is 12.4. The highest BCUT2D eigenvalue weighted by molar-refractivity contribution is 9.10. The summed E-state index contributed by atoms with van der Waals surface area (Å²) in [6.45, 7) is 0.324. The molecule has 0 aliphatic heterocycles. The quantitative estimate of drug-likeness (QED) is 0.532. The van der Waals surface area contributed by atoms with E-state index in [9.17, 15) is 9.59 Å². The van der Waals surface area contributed by atoms with E-state index in [0.29, 0.717) is 21.8 Å². The molecule has 0 spiro atoms. The fourth-order valence-corrected chi connectivity index (χ4v) is 6.35. The zero-order valence-electron chi connectivity index (χ0n) is 14.6. The SMILES string of the molecule is O=C(CCNC(=O)C12CC3CC(CC(C3)C1)C2)Oc1ccc(Cl)cc1Br. The van der Waals surface area contributed by atoms with E-state index < -0.39 is 0 Å². The van der Waals surface area contributed by atoms with E-state index in [0.717, 1.165) is 37.0 Å². The monoisotopic (exact) mass is 439 g/mol. The molecular formula is C20H23BrClNO3. The van der Waals surface area contributed by atoms with E-state index in [1.165, 1.54) is 19.3 Å². The Morgan fingerprint density at radius 3 is 2.35 bits per heavy atom. The number of benzene rings is 1. The van der Waals surface area contributed by atoms with Gasteiger partial charge in [0.2, 0.25) is 5.91 Å². The first-order valence-electron chi connectivity index (χ1n) is 9.37. The number of nitrogens with one attached hydrogen (secondary N) is 1. The Morgan fingerprint density at radius 1 is 1.15 bits per heavy atom. The molecule has 6 heteroatoms. The van der Waals surface area contributed by atoms with Crippen LogP contribution in [0.3, 0.4) is 0 Å². The van der Waals surface area contributed by atoms with Crippen molar-refractivity contribution >= 4 is 39.4 Å². The van der Waals surface area contributed by atoms with Gasteiger partial charge in [-0.3, -0.25) is 9.59 Å². The topological polar surface area (TPSA) is 55.4 Å². The summed E-state index contributed by atoms with van der Waals surface area (Å²) in [6.07, 6.45) is 7.21. The molecule has 0 heterocycles. The van der Waals surface area contributed by atoms with Crippen molar-refractivity contribution < 1.29 is 14.3 Å². The molecule has 4 aliphatic rings. The molecule has 4 saturated carbocycles. The number of carbonyl (C=O) groups excluding carboxylic acids is 2. The zero-order valence-corrected chi connectivity index (χ0v) is 16.9. The van der Waals surface area contributed by atoms with E-state index in [1.54, 1.807) is 18.2 Å². The summed E-state index contributed by atoms with van der Waals surface area (Å²) < 4.78 is 5.97. The molecule has 0 unspecified atom stereocenters. The van der Waals surface area contributed by atoms with Crippen LogP contribution in [0.5, 0.6) is 5.75 Å². The van der Waals surface area contributed by atoms with Gasteiger partial charge in [0.25, 0.3) is 0 Å².